The molecule has 0 aromatic heterocycles. The predicted molar refractivity (Wildman–Crippen MR) is 15.0 cm³/mol. The Labute approximate surface area is 95.2 Å². The minimum Gasteiger partial charge on any atom is -2.00 e. The van der Waals surface area contributed by atoms with Gasteiger partial charge in [0.2, 0.25) is 0 Å². The first-order valence-corrected chi connectivity index (χ1v) is 0. The Morgan fingerprint density at radius 1 is 1.00 bits per heavy atom. The standard InChI is InChI=1S/Ba.O.Te.Zn.2H/q;-2;;+2;;. The molecule has 0 spiro atoms. The number of hydrogen-bond donors (Lipinski definition) is 0. The summed E-state index contributed by atoms with van der Waals surface area (Å²) in [6.07, 6.45) is 0. The number of hydrogen-bond acceptors (Lipinski definition) is 0. The zero-order valence-corrected chi connectivity index (χ0v) is 6.82. The monoisotopic (exact) mass is 350 g/mol. The fourth-order valence-electron chi connectivity index (χ4n) is 0. The molecular formula is H2BaOTeZn. The predicted octanol–water partition coefficient (Wildman–Crippen LogP) is -1.42. The molecule has 4 heteroatoms. The molecule has 0 aromatic rings. The third-order valence-corrected chi connectivity index (χ3v) is 0. The summed E-state index contributed by atoms with van der Waals surface area (Å²) < 4.78 is 0. The van der Waals surface area contributed by atoms with E-state index in [0.717, 1.165) is 0 Å². The Balaban J connectivity index is 0. The fourth-order valence-corrected chi connectivity index (χ4v) is 0. The van der Waals surface area contributed by atoms with Crippen LogP contribution >= 0.6 is 0 Å². The van der Waals surface area contributed by atoms with E-state index >= 15 is 0 Å². The van der Waals surface area contributed by atoms with Gasteiger partial charge in [-0.3, -0.25) is 0 Å². The first kappa shape index (κ1) is 28.3. The summed E-state index contributed by atoms with van der Waals surface area (Å²) in [4.78, 5) is 0. The zero-order valence-electron chi connectivity index (χ0n) is 1.52. The quantitative estimate of drug-likeness (QED) is 0.481. The van der Waals surface area contributed by atoms with Crippen LogP contribution in [0.25, 0.3) is 0 Å². The second-order valence-electron chi connectivity index (χ2n) is 0. The smallest absolute Gasteiger partial charge is 2.00 e. The molecule has 0 amide bonds. The molecule has 0 rings (SSSR count). The molecule has 0 aliphatic carbocycles. The van der Waals surface area contributed by atoms with E-state index in [0.29, 0.717) is 0 Å². The van der Waals surface area contributed by atoms with Crippen molar-refractivity contribution in [2.45, 2.75) is 0 Å². The van der Waals surface area contributed by atoms with Crippen LogP contribution in [0.3, 0.4) is 0 Å². The van der Waals surface area contributed by atoms with Crippen LogP contribution in [0.5, 0.6) is 0 Å². The van der Waals surface area contributed by atoms with Crippen LogP contribution in [0, 0.1) is 0 Å². The maximum atomic E-state index is 0. The maximum Gasteiger partial charge on any atom is 2.00 e. The van der Waals surface area contributed by atoms with Crippen molar-refractivity contribution in [1.29, 1.82) is 0 Å². The van der Waals surface area contributed by atoms with Crippen LogP contribution in [-0.2, 0) is 25.0 Å². The Morgan fingerprint density at radius 2 is 1.00 bits per heavy atom. The molecule has 0 aliphatic rings. The Bertz CT molecular complexity index is 8.00. The summed E-state index contributed by atoms with van der Waals surface area (Å²) in [6.45, 7) is 0. The molecule has 0 saturated heterocycles. The number of rotatable bonds is 0. The van der Waals surface area contributed by atoms with Crippen molar-refractivity contribution in [3.8, 4) is 0 Å². The summed E-state index contributed by atoms with van der Waals surface area (Å²) in [5.74, 6) is 0. The van der Waals surface area contributed by atoms with Crippen molar-refractivity contribution >= 4 is 72.5 Å². The zero-order chi connectivity index (χ0) is 0. The third-order valence-electron chi connectivity index (χ3n) is 0. The van der Waals surface area contributed by atoms with E-state index in [1.54, 1.807) is 0 Å². The largest absolute Gasteiger partial charge is 2.00 e. The van der Waals surface area contributed by atoms with Crippen LogP contribution in [0.15, 0.2) is 0 Å². The van der Waals surface area contributed by atoms with Gasteiger partial charge in [-0.25, -0.2) is 0 Å². The van der Waals surface area contributed by atoms with E-state index in [4.69, 9.17) is 0 Å². The summed E-state index contributed by atoms with van der Waals surface area (Å²) in [5, 5.41) is 0. The van der Waals surface area contributed by atoms with E-state index in [1.165, 1.54) is 0 Å². The minimum absolute atomic E-state index is 0. The SMILES string of the molecule is [BaH2].[O-2].[Te].[Zn+2]. The van der Waals surface area contributed by atoms with Crippen molar-refractivity contribution in [2.75, 3.05) is 0 Å². The molecule has 2 radical (unpaired) electrons. The van der Waals surface area contributed by atoms with Crippen LogP contribution in [0.2, 0.25) is 0 Å². The van der Waals surface area contributed by atoms with Crippen molar-refractivity contribution in [3.63, 3.8) is 0 Å². The topological polar surface area (TPSA) is 28.5 Å². The molecule has 0 fully saturated rings. The Morgan fingerprint density at radius 3 is 1.00 bits per heavy atom. The van der Waals surface area contributed by atoms with Crippen molar-refractivity contribution in [1.82, 2.24) is 0 Å². The summed E-state index contributed by atoms with van der Waals surface area (Å²) in [7, 11) is 0. The van der Waals surface area contributed by atoms with Gasteiger partial charge in [0.05, 0.1) is 0 Å². The van der Waals surface area contributed by atoms with E-state index in [1.807, 2.05) is 0 Å². The van der Waals surface area contributed by atoms with Gasteiger partial charge >= 0.3 is 68.4 Å². The van der Waals surface area contributed by atoms with Crippen LogP contribution in [0.1, 0.15) is 0 Å². The van der Waals surface area contributed by atoms with Gasteiger partial charge in [0.15, 0.2) is 0 Å². The molecule has 0 aromatic carbocycles. The van der Waals surface area contributed by atoms with Gasteiger partial charge in [-0.05, 0) is 0 Å². The van der Waals surface area contributed by atoms with Crippen LogP contribution < -0.4 is 0 Å². The fraction of sp³-hybridized carbons (Fsp3) is 0. The molecule has 0 aliphatic heterocycles. The average molecular weight is 348 g/mol. The van der Waals surface area contributed by atoms with Gasteiger partial charge in [-0.2, -0.15) is 0 Å². The van der Waals surface area contributed by atoms with E-state index in [-0.39, 0.29) is 97.5 Å². The maximum absolute atomic E-state index is 0. The Hall–Kier alpha value is 2.94. The van der Waals surface area contributed by atoms with Crippen molar-refractivity contribution in [3.05, 3.63) is 0 Å². The second-order valence-corrected chi connectivity index (χ2v) is 0. The van der Waals surface area contributed by atoms with E-state index < -0.39 is 0 Å². The molecule has 0 N–H and O–H groups in total. The van der Waals surface area contributed by atoms with Gasteiger partial charge in [0.1, 0.15) is 0 Å². The van der Waals surface area contributed by atoms with Gasteiger partial charge < -0.3 is 5.48 Å². The normalized spacial score (nSPS) is 0. The molecule has 18 valence electrons. The minimum atomic E-state index is 0. The summed E-state index contributed by atoms with van der Waals surface area (Å²) in [6, 6.07) is 0. The van der Waals surface area contributed by atoms with Crippen molar-refractivity contribution < 1.29 is 25.0 Å². The van der Waals surface area contributed by atoms with Crippen LogP contribution in [-0.4, -0.2) is 72.5 Å². The Kier molecular flexibility index (Phi) is 119. The summed E-state index contributed by atoms with van der Waals surface area (Å²) >= 11 is 0. The van der Waals surface area contributed by atoms with Gasteiger partial charge in [-0.1, -0.05) is 0 Å². The van der Waals surface area contributed by atoms with E-state index in [2.05, 4.69) is 0 Å². The third kappa shape index (κ3) is 8.87. The van der Waals surface area contributed by atoms with Gasteiger partial charge in [-0.15, -0.1) is 0 Å². The average Bonchev–Trinajstić information content (AvgIpc) is 0. The molecule has 4 heavy (non-hydrogen) atoms. The molecular weight excluding hydrogens is 346 g/mol. The van der Waals surface area contributed by atoms with Gasteiger partial charge in [0.25, 0.3) is 0 Å². The van der Waals surface area contributed by atoms with Crippen molar-refractivity contribution in [2.24, 2.45) is 0 Å². The first-order chi connectivity index (χ1) is 0. The summed E-state index contributed by atoms with van der Waals surface area (Å²) in [5.41, 5.74) is 0. The van der Waals surface area contributed by atoms with Gasteiger partial charge in [0, 0.05) is 23.7 Å². The molecule has 0 bridgehead atoms. The van der Waals surface area contributed by atoms with Crippen LogP contribution in [0.4, 0.5) is 0 Å². The molecule has 1 nitrogen and oxygen atoms in total. The molecule has 0 saturated carbocycles. The molecule has 0 atom stereocenters. The second kappa shape index (κ2) is 16.8. The molecule has 0 unspecified atom stereocenters. The van der Waals surface area contributed by atoms with E-state index in [9.17, 15) is 0 Å². The molecule has 0 heterocycles. The first-order valence-electron chi connectivity index (χ1n) is 0.